The van der Waals surface area contributed by atoms with Crippen LogP contribution in [0, 0.1) is 11.3 Å². The van der Waals surface area contributed by atoms with E-state index in [-0.39, 0.29) is 0 Å². The average molecular weight is 274 g/mol. The van der Waals surface area contributed by atoms with Crippen molar-refractivity contribution in [1.29, 1.82) is 5.26 Å². The molecule has 2 aromatic rings. The van der Waals surface area contributed by atoms with E-state index in [0.717, 1.165) is 5.69 Å². The molecule has 0 aliphatic carbocycles. The number of hydrogen-bond acceptors (Lipinski definition) is 3. The van der Waals surface area contributed by atoms with Gasteiger partial charge in [0.05, 0.1) is 18.2 Å². The summed E-state index contributed by atoms with van der Waals surface area (Å²) in [7, 11) is 3.72. The summed E-state index contributed by atoms with van der Waals surface area (Å²) in [6, 6.07) is 9.26. The smallest absolute Gasteiger partial charge is 0.175 e. The lowest BCUT2D eigenvalue weighted by Gasteiger charge is -2.06. The van der Waals surface area contributed by atoms with Gasteiger partial charge >= 0.3 is 0 Å². The zero-order chi connectivity index (χ0) is 13.8. The number of benzene rings is 1. The van der Waals surface area contributed by atoms with Crippen LogP contribution < -0.4 is 0 Å². The second kappa shape index (κ2) is 5.55. The van der Waals surface area contributed by atoms with Crippen LogP contribution in [0.15, 0.2) is 35.5 Å². The van der Waals surface area contributed by atoms with E-state index in [9.17, 15) is 0 Å². The Labute approximate surface area is 116 Å². The fourth-order valence-electron chi connectivity index (χ4n) is 1.49. The monoisotopic (exact) mass is 273 g/mol. The Bertz CT molecular complexity index is 634. The van der Waals surface area contributed by atoms with Gasteiger partial charge in [0, 0.05) is 19.1 Å². The van der Waals surface area contributed by atoms with Gasteiger partial charge in [-0.2, -0.15) is 10.4 Å². The zero-order valence-electron chi connectivity index (χ0n) is 10.6. The molecule has 6 heteroatoms. The van der Waals surface area contributed by atoms with Gasteiger partial charge in [0.15, 0.2) is 5.82 Å². The zero-order valence-corrected chi connectivity index (χ0v) is 11.3. The second-order valence-electron chi connectivity index (χ2n) is 4.09. The topological polar surface area (TPSA) is 57.2 Å². The first-order valence-electron chi connectivity index (χ1n) is 5.56. The molecular weight excluding hydrogens is 262 g/mol. The molecule has 19 heavy (non-hydrogen) atoms. The first kappa shape index (κ1) is 13.1. The highest BCUT2D eigenvalue weighted by molar-refractivity contribution is 6.30. The molecule has 1 aromatic carbocycles. The molecule has 5 nitrogen and oxygen atoms in total. The lowest BCUT2D eigenvalue weighted by atomic mass is 10.3. The van der Waals surface area contributed by atoms with Crippen LogP contribution in [0.5, 0.6) is 0 Å². The van der Waals surface area contributed by atoms with Gasteiger partial charge in [-0.15, -0.1) is 0 Å². The van der Waals surface area contributed by atoms with Gasteiger partial charge in [0.1, 0.15) is 11.6 Å². The van der Waals surface area contributed by atoms with Crippen molar-refractivity contribution in [2.75, 3.05) is 14.1 Å². The lowest BCUT2D eigenvalue weighted by molar-refractivity contribution is 0.642. The van der Waals surface area contributed by atoms with Gasteiger partial charge in [-0.25, -0.2) is 9.67 Å². The van der Waals surface area contributed by atoms with Crippen LogP contribution in [0.25, 0.3) is 5.69 Å². The van der Waals surface area contributed by atoms with Crippen LogP contribution >= 0.6 is 11.6 Å². The summed E-state index contributed by atoms with van der Waals surface area (Å²) in [5.41, 5.74) is 1.23. The molecule has 0 unspecified atom stereocenters. The van der Waals surface area contributed by atoms with Crippen molar-refractivity contribution < 1.29 is 0 Å². The second-order valence-corrected chi connectivity index (χ2v) is 4.53. The Morgan fingerprint density at radius 2 is 2.05 bits per heavy atom. The Kier molecular flexibility index (Phi) is 3.83. The van der Waals surface area contributed by atoms with Gasteiger partial charge in [-0.3, -0.25) is 0 Å². The highest BCUT2D eigenvalue weighted by atomic mass is 35.5. The summed E-state index contributed by atoms with van der Waals surface area (Å²) >= 11 is 5.86. The number of halogens is 1. The molecule has 0 aliphatic heterocycles. The largest absolute Gasteiger partial charge is 0.369 e. The number of aliphatic imine (C=N–C) groups is 1. The molecule has 0 atom stereocenters. The predicted octanol–water partition coefficient (Wildman–Crippen LogP) is 2.62. The lowest BCUT2D eigenvalue weighted by Crippen LogP contribution is -2.07. The molecule has 0 fully saturated rings. The minimum atomic E-state index is 0.424. The number of aromatic nitrogens is 2. The van der Waals surface area contributed by atoms with E-state index in [2.05, 4.69) is 16.2 Å². The third kappa shape index (κ3) is 2.92. The molecule has 0 N–H and O–H groups in total. The Morgan fingerprint density at radius 3 is 2.63 bits per heavy atom. The molecule has 0 amide bonds. The van der Waals surface area contributed by atoms with Crippen molar-refractivity contribution in [3.8, 4) is 11.8 Å². The highest BCUT2D eigenvalue weighted by Gasteiger charge is 2.10. The normalized spacial score (nSPS) is 10.6. The van der Waals surface area contributed by atoms with E-state index in [1.807, 2.05) is 26.2 Å². The summed E-state index contributed by atoms with van der Waals surface area (Å²) in [6.07, 6.45) is 3.13. The average Bonchev–Trinajstić information content (AvgIpc) is 2.80. The molecule has 1 heterocycles. The predicted molar refractivity (Wildman–Crippen MR) is 75.1 cm³/mol. The van der Waals surface area contributed by atoms with Crippen LogP contribution in [0.2, 0.25) is 5.02 Å². The molecule has 0 radical (unpaired) electrons. The van der Waals surface area contributed by atoms with Crippen molar-refractivity contribution in [2.45, 2.75) is 0 Å². The quantitative estimate of drug-likeness (QED) is 0.638. The standard InChI is InChI=1S/C13H12ClN5/c1-18(2)9-16-13-10(7-15)8-17-19(13)12-5-3-11(14)4-6-12/h3-6,8-9H,1-2H3/b16-9+. The van der Waals surface area contributed by atoms with Gasteiger partial charge in [0.25, 0.3) is 0 Å². The Morgan fingerprint density at radius 1 is 1.37 bits per heavy atom. The Balaban J connectivity index is 2.49. The molecule has 0 saturated carbocycles. The van der Waals surface area contributed by atoms with Crippen molar-refractivity contribution >= 4 is 23.8 Å². The fraction of sp³-hybridized carbons (Fsp3) is 0.154. The molecule has 2 rings (SSSR count). The number of nitriles is 1. The molecule has 0 spiro atoms. The van der Waals surface area contributed by atoms with Crippen LogP contribution in [0.4, 0.5) is 5.82 Å². The first-order chi connectivity index (χ1) is 9.11. The van der Waals surface area contributed by atoms with Crippen LogP contribution in [0.1, 0.15) is 5.56 Å². The van der Waals surface area contributed by atoms with E-state index in [1.54, 1.807) is 28.1 Å². The summed E-state index contributed by atoms with van der Waals surface area (Å²) < 4.78 is 1.61. The molecule has 0 bridgehead atoms. The Hall–Kier alpha value is -2.32. The van der Waals surface area contributed by atoms with Gasteiger partial charge in [-0.1, -0.05) is 11.6 Å². The van der Waals surface area contributed by atoms with Gasteiger partial charge in [-0.05, 0) is 24.3 Å². The molecule has 0 saturated heterocycles. The van der Waals surface area contributed by atoms with Gasteiger partial charge < -0.3 is 4.90 Å². The molecular formula is C13H12ClN5. The van der Waals surface area contributed by atoms with E-state index < -0.39 is 0 Å². The summed E-state index contributed by atoms with van der Waals surface area (Å²) in [4.78, 5) is 6.07. The fourth-order valence-corrected chi connectivity index (χ4v) is 1.61. The van der Waals surface area contributed by atoms with Crippen molar-refractivity contribution in [3.63, 3.8) is 0 Å². The van der Waals surface area contributed by atoms with Crippen LogP contribution in [0.3, 0.4) is 0 Å². The van der Waals surface area contributed by atoms with E-state index >= 15 is 0 Å². The van der Waals surface area contributed by atoms with E-state index in [0.29, 0.717) is 16.4 Å². The third-order valence-electron chi connectivity index (χ3n) is 2.35. The number of hydrogen-bond donors (Lipinski definition) is 0. The van der Waals surface area contributed by atoms with Crippen molar-refractivity contribution in [1.82, 2.24) is 14.7 Å². The highest BCUT2D eigenvalue weighted by Crippen LogP contribution is 2.23. The first-order valence-corrected chi connectivity index (χ1v) is 5.94. The summed E-state index contributed by atoms with van der Waals surface area (Å²) in [6.45, 7) is 0. The molecule has 0 aliphatic rings. The van der Waals surface area contributed by atoms with Crippen molar-refractivity contribution in [2.24, 2.45) is 4.99 Å². The summed E-state index contributed by atoms with van der Waals surface area (Å²) in [5, 5.41) is 13.9. The van der Waals surface area contributed by atoms with Gasteiger partial charge in [0.2, 0.25) is 0 Å². The van der Waals surface area contributed by atoms with Crippen LogP contribution in [-0.4, -0.2) is 35.1 Å². The molecule has 1 aromatic heterocycles. The third-order valence-corrected chi connectivity index (χ3v) is 2.60. The minimum Gasteiger partial charge on any atom is -0.369 e. The summed E-state index contributed by atoms with van der Waals surface area (Å²) in [5.74, 6) is 0.499. The number of rotatable bonds is 3. The van der Waals surface area contributed by atoms with Crippen molar-refractivity contribution in [3.05, 3.63) is 41.0 Å². The maximum atomic E-state index is 9.08. The number of nitrogens with zero attached hydrogens (tertiary/aromatic N) is 5. The molecule has 96 valence electrons. The SMILES string of the molecule is CN(C)/C=N/c1c(C#N)cnn1-c1ccc(Cl)cc1. The van der Waals surface area contributed by atoms with E-state index in [4.69, 9.17) is 16.9 Å². The van der Waals surface area contributed by atoms with E-state index in [1.165, 1.54) is 6.20 Å². The minimum absolute atomic E-state index is 0.424. The maximum absolute atomic E-state index is 9.08. The maximum Gasteiger partial charge on any atom is 0.175 e. The van der Waals surface area contributed by atoms with Crippen LogP contribution in [-0.2, 0) is 0 Å².